The molecule has 0 bridgehead atoms. The van der Waals surface area contributed by atoms with Crippen LogP contribution in [0.25, 0.3) is 11.1 Å². The zero-order valence-corrected chi connectivity index (χ0v) is 12.3. The van der Waals surface area contributed by atoms with E-state index in [2.05, 4.69) is 0 Å². The van der Waals surface area contributed by atoms with Gasteiger partial charge in [-0.3, -0.25) is 4.79 Å². The van der Waals surface area contributed by atoms with E-state index in [1.165, 1.54) is 21.1 Å². The summed E-state index contributed by atoms with van der Waals surface area (Å²) in [6.07, 6.45) is 0. The second-order valence-corrected chi connectivity index (χ2v) is 4.50. The topological polar surface area (TPSA) is 44.8 Å². The van der Waals surface area contributed by atoms with Gasteiger partial charge in [-0.2, -0.15) is 0 Å². The van der Waals surface area contributed by atoms with E-state index in [4.69, 9.17) is 14.2 Å². The minimum Gasteiger partial charge on any atom is -0.404 e. The van der Waals surface area contributed by atoms with Crippen LogP contribution in [0, 0.1) is 0 Å². The van der Waals surface area contributed by atoms with Crippen molar-refractivity contribution in [3.63, 3.8) is 0 Å². The Morgan fingerprint density at radius 1 is 0.857 bits per heavy atom. The molecular formula is C17H18O4. The molecule has 0 aliphatic rings. The maximum absolute atomic E-state index is 11.3. The number of carbonyl (C=O) groups excluding carboxylic acids is 1. The van der Waals surface area contributed by atoms with Crippen LogP contribution in [0.15, 0.2) is 54.6 Å². The molecule has 110 valence electrons. The summed E-state index contributed by atoms with van der Waals surface area (Å²) in [6.45, 7) is 1.31. The second kappa shape index (κ2) is 6.52. The highest BCUT2D eigenvalue weighted by molar-refractivity contribution is 5.67. The molecule has 2 aromatic rings. The van der Waals surface area contributed by atoms with Crippen molar-refractivity contribution in [2.45, 2.75) is 12.9 Å². The van der Waals surface area contributed by atoms with Crippen molar-refractivity contribution in [1.29, 1.82) is 0 Å². The van der Waals surface area contributed by atoms with Gasteiger partial charge in [-0.15, -0.1) is 0 Å². The SMILES string of the molecule is COC(OC)(OC(C)=O)c1ccc(-c2ccccc2)cc1. The van der Waals surface area contributed by atoms with Gasteiger partial charge in [0.2, 0.25) is 0 Å². The summed E-state index contributed by atoms with van der Waals surface area (Å²) in [5.41, 5.74) is 2.78. The molecule has 21 heavy (non-hydrogen) atoms. The van der Waals surface area contributed by atoms with Gasteiger partial charge in [0.1, 0.15) is 0 Å². The summed E-state index contributed by atoms with van der Waals surface area (Å²) in [5, 5.41) is 0. The predicted octanol–water partition coefficient (Wildman–Crippen LogP) is 3.32. The molecule has 0 aliphatic heterocycles. The summed E-state index contributed by atoms with van der Waals surface area (Å²) < 4.78 is 15.7. The van der Waals surface area contributed by atoms with Gasteiger partial charge in [0.15, 0.2) is 0 Å². The van der Waals surface area contributed by atoms with Gasteiger partial charge in [0, 0.05) is 21.1 Å². The molecule has 0 saturated carbocycles. The van der Waals surface area contributed by atoms with E-state index in [1.807, 2.05) is 54.6 Å². The monoisotopic (exact) mass is 286 g/mol. The van der Waals surface area contributed by atoms with Gasteiger partial charge in [-0.05, 0) is 23.3 Å². The fourth-order valence-corrected chi connectivity index (χ4v) is 2.15. The lowest BCUT2D eigenvalue weighted by atomic mass is 10.0. The van der Waals surface area contributed by atoms with E-state index in [0.29, 0.717) is 5.56 Å². The zero-order valence-electron chi connectivity index (χ0n) is 12.3. The Labute approximate surface area is 124 Å². The van der Waals surface area contributed by atoms with Crippen LogP contribution in [0.4, 0.5) is 0 Å². The first-order valence-electron chi connectivity index (χ1n) is 6.57. The quantitative estimate of drug-likeness (QED) is 0.625. The van der Waals surface area contributed by atoms with Crippen LogP contribution in [0.1, 0.15) is 12.5 Å². The number of ether oxygens (including phenoxy) is 3. The van der Waals surface area contributed by atoms with Crippen LogP contribution in [-0.2, 0) is 25.0 Å². The third-order valence-corrected chi connectivity index (χ3v) is 3.16. The molecule has 0 aliphatic carbocycles. The Morgan fingerprint density at radius 2 is 1.38 bits per heavy atom. The lowest BCUT2D eigenvalue weighted by molar-refractivity contribution is -0.355. The molecule has 0 spiro atoms. The lowest BCUT2D eigenvalue weighted by Gasteiger charge is -2.29. The van der Waals surface area contributed by atoms with Gasteiger partial charge in [-0.25, -0.2) is 0 Å². The predicted molar refractivity (Wildman–Crippen MR) is 79.3 cm³/mol. The third-order valence-electron chi connectivity index (χ3n) is 3.16. The highest BCUT2D eigenvalue weighted by Gasteiger charge is 2.36. The molecule has 0 radical (unpaired) electrons. The summed E-state index contributed by atoms with van der Waals surface area (Å²) in [5.74, 6) is -1.99. The molecule has 0 unspecified atom stereocenters. The van der Waals surface area contributed by atoms with Crippen LogP contribution in [-0.4, -0.2) is 20.2 Å². The Balaban J connectivity index is 2.34. The van der Waals surface area contributed by atoms with Crippen LogP contribution in [0.2, 0.25) is 0 Å². The van der Waals surface area contributed by atoms with Crippen molar-refractivity contribution in [2.24, 2.45) is 0 Å². The van der Waals surface area contributed by atoms with Gasteiger partial charge in [0.25, 0.3) is 0 Å². The molecule has 2 aromatic carbocycles. The summed E-state index contributed by atoms with van der Waals surface area (Å²) >= 11 is 0. The van der Waals surface area contributed by atoms with E-state index in [1.54, 1.807) is 0 Å². The highest BCUT2D eigenvalue weighted by Crippen LogP contribution is 2.30. The maximum atomic E-state index is 11.3. The Bertz CT molecular complexity index is 586. The molecule has 0 fully saturated rings. The van der Waals surface area contributed by atoms with Crippen LogP contribution >= 0.6 is 0 Å². The first kappa shape index (κ1) is 15.2. The highest BCUT2D eigenvalue weighted by atomic mass is 16.9. The van der Waals surface area contributed by atoms with Gasteiger partial charge >= 0.3 is 11.9 Å². The van der Waals surface area contributed by atoms with E-state index in [0.717, 1.165) is 11.1 Å². The van der Waals surface area contributed by atoms with E-state index >= 15 is 0 Å². The number of carbonyl (C=O) groups is 1. The van der Waals surface area contributed by atoms with Gasteiger partial charge < -0.3 is 14.2 Å². The molecule has 0 aromatic heterocycles. The molecule has 0 N–H and O–H groups in total. The van der Waals surface area contributed by atoms with Crippen molar-refractivity contribution in [1.82, 2.24) is 0 Å². The Kier molecular flexibility index (Phi) is 4.73. The lowest BCUT2D eigenvalue weighted by Crippen LogP contribution is -2.35. The average Bonchev–Trinajstić information content (AvgIpc) is 2.53. The first-order chi connectivity index (χ1) is 10.1. The minimum absolute atomic E-state index is 0.481. The average molecular weight is 286 g/mol. The fourth-order valence-electron chi connectivity index (χ4n) is 2.15. The number of methoxy groups -OCH3 is 2. The molecular weight excluding hydrogens is 268 g/mol. The molecule has 0 atom stereocenters. The third kappa shape index (κ3) is 3.29. The normalized spacial score (nSPS) is 11.2. The molecule has 0 amide bonds. The van der Waals surface area contributed by atoms with E-state index < -0.39 is 11.9 Å². The van der Waals surface area contributed by atoms with Crippen molar-refractivity contribution in [3.05, 3.63) is 60.2 Å². The summed E-state index contributed by atoms with van der Waals surface area (Å²) in [7, 11) is 2.86. The summed E-state index contributed by atoms with van der Waals surface area (Å²) in [6, 6.07) is 17.5. The smallest absolute Gasteiger partial charge is 0.357 e. The largest absolute Gasteiger partial charge is 0.404 e. The standard InChI is InChI=1S/C17H18O4/c1-13(18)21-17(19-2,20-3)16-11-9-15(10-12-16)14-7-5-4-6-8-14/h4-12H,1-3H3. The molecule has 0 saturated heterocycles. The summed E-state index contributed by atoms with van der Waals surface area (Å²) in [4.78, 5) is 11.3. The van der Waals surface area contributed by atoms with Crippen molar-refractivity contribution >= 4 is 5.97 Å². The minimum atomic E-state index is -1.51. The van der Waals surface area contributed by atoms with Gasteiger partial charge in [0.05, 0.1) is 5.56 Å². The van der Waals surface area contributed by atoms with Crippen LogP contribution < -0.4 is 0 Å². The molecule has 0 heterocycles. The van der Waals surface area contributed by atoms with Crippen molar-refractivity contribution in [2.75, 3.05) is 14.2 Å². The van der Waals surface area contributed by atoms with Crippen molar-refractivity contribution in [3.8, 4) is 11.1 Å². The molecule has 2 rings (SSSR count). The Hall–Kier alpha value is -2.17. The fraction of sp³-hybridized carbons (Fsp3) is 0.235. The van der Waals surface area contributed by atoms with Gasteiger partial charge in [-0.1, -0.05) is 42.5 Å². The number of esters is 1. The maximum Gasteiger partial charge on any atom is 0.357 e. The zero-order chi connectivity index (χ0) is 15.3. The number of hydrogen-bond donors (Lipinski definition) is 0. The second-order valence-electron chi connectivity index (χ2n) is 4.50. The molecule has 4 nitrogen and oxygen atoms in total. The number of hydrogen-bond acceptors (Lipinski definition) is 4. The van der Waals surface area contributed by atoms with E-state index in [9.17, 15) is 4.79 Å². The number of benzene rings is 2. The molecule has 4 heteroatoms. The van der Waals surface area contributed by atoms with Crippen LogP contribution in [0.5, 0.6) is 0 Å². The number of rotatable bonds is 5. The van der Waals surface area contributed by atoms with Crippen molar-refractivity contribution < 1.29 is 19.0 Å². The first-order valence-corrected chi connectivity index (χ1v) is 6.57. The van der Waals surface area contributed by atoms with E-state index in [-0.39, 0.29) is 0 Å². The van der Waals surface area contributed by atoms with Crippen LogP contribution in [0.3, 0.4) is 0 Å². The Morgan fingerprint density at radius 3 is 1.86 bits per heavy atom.